The van der Waals surface area contributed by atoms with Crippen LogP contribution in [-0.4, -0.2) is 54.0 Å². The van der Waals surface area contributed by atoms with Gasteiger partial charge in [0.15, 0.2) is 5.78 Å². The maximum Gasteiger partial charge on any atom is 0.189 e. The fourth-order valence-corrected chi connectivity index (χ4v) is 4.18. The van der Waals surface area contributed by atoms with E-state index in [2.05, 4.69) is 9.80 Å². The maximum atomic E-state index is 13.1. The van der Waals surface area contributed by atoms with Gasteiger partial charge in [-0.1, -0.05) is 23.7 Å². The molecule has 2 fully saturated rings. The number of carbonyl (C=O) groups excluding carboxylic acids is 1. The summed E-state index contributed by atoms with van der Waals surface area (Å²) in [6.07, 6.45) is 3.43. The van der Waals surface area contributed by atoms with Gasteiger partial charge in [-0.05, 0) is 35.9 Å². The summed E-state index contributed by atoms with van der Waals surface area (Å²) in [5.41, 5.74) is 7.83. The topological polar surface area (TPSA) is 58.8 Å². The summed E-state index contributed by atoms with van der Waals surface area (Å²) in [5, 5.41) is 0.506. The van der Waals surface area contributed by atoms with E-state index in [1.165, 1.54) is 12.1 Å². The van der Waals surface area contributed by atoms with Crippen molar-refractivity contribution in [2.75, 3.05) is 32.0 Å². The number of morpholine rings is 1. The molecule has 0 aliphatic carbocycles. The molecule has 2 unspecified atom stereocenters. The Kier molecular flexibility index (Phi) is 5.85. The number of anilines is 1. The van der Waals surface area contributed by atoms with Crippen LogP contribution >= 0.6 is 11.6 Å². The van der Waals surface area contributed by atoms with Gasteiger partial charge in [-0.15, -0.1) is 0 Å². The molecule has 152 valence electrons. The molecule has 0 radical (unpaired) electrons. The molecule has 0 amide bonds. The number of allylic oxidation sites excluding steroid dienone is 1. The largest absolute Gasteiger partial charge is 0.398 e. The number of ketones is 1. The first-order valence-electron chi connectivity index (χ1n) is 9.59. The zero-order chi connectivity index (χ0) is 20.4. The monoisotopic (exact) mass is 415 g/mol. The Morgan fingerprint density at radius 2 is 1.86 bits per heavy atom. The predicted molar refractivity (Wildman–Crippen MR) is 111 cm³/mol. The zero-order valence-electron chi connectivity index (χ0n) is 15.9. The van der Waals surface area contributed by atoms with Crippen LogP contribution in [0.4, 0.5) is 10.1 Å². The normalized spacial score (nSPS) is 22.2. The minimum Gasteiger partial charge on any atom is -0.398 e. The van der Waals surface area contributed by atoms with Crippen molar-refractivity contribution in [1.29, 1.82) is 0 Å². The van der Waals surface area contributed by atoms with Crippen LogP contribution in [0.1, 0.15) is 15.9 Å². The van der Waals surface area contributed by atoms with E-state index in [0.717, 1.165) is 25.2 Å². The average molecular weight is 416 g/mol. The molecule has 2 N–H and O–H groups in total. The quantitative estimate of drug-likeness (QED) is 0.461. The van der Waals surface area contributed by atoms with Gasteiger partial charge in [0.2, 0.25) is 0 Å². The van der Waals surface area contributed by atoms with Gasteiger partial charge in [-0.2, -0.15) is 0 Å². The first-order valence-corrected chi connectivity index (χ1v) is 9.97. The second-order valence-electron chi connectivity index (χ2n) is 7.52. The first-order chi connectivity index (χ1) is 14.0. The van der Waals surface area contributed by atoms with E-state index in [1.807, 2.05) is 18.3 Å². The van der Waals surface area contributed by atoms with Crippen molar-refractivity contribution >= 4 is 23.1 Å². The van der Waals surface area contributed by atoms with E-state index >= 15 is 0 Å². The molecule has 0 aromatic heterocycles. The Hall–Kier alpha value is -2.41. The van der Waals surface area contributed by atoms with Crippen LogP contribution in [0.2, 0.25) is 5.02 Å². The lowest BCUT2D eigenvalue weighted by molar-refractivity contribution is -0.0767. The van der Waals surface area contributed by atoms with Crippen molar-refractivity contribution < 1.29 is 13.9 Å². The van der Waals surface area contributed by atoms with Gasteiger partial charge < -0.3 is 15.4 Å². The third-order valence-corrected chi connectivity index (χ3v) is 5.63. The fraction of sp³-hybridized carbons (Fsp3) is 0.318. The third-order valence-electron chi connectivity index (χ3n) is 5.40. The van der Waals surface area contributed by atoms with Gasteiger partial charge in [-0.3, -0.25) is 9.69 Å². The van der Waals surface area contributed by atoms with Crippen LogP contribution in [0.3, 0.4) is 0 Å². The molecule has 7 heteroatoms. The number of ether oxygens (including phenoxy) is 1. The predicted octanol–water partition coefficient (Wildman–Crippen LogP) is 3.34. The van der Waals surface area contributed by atoms with Crippen molar-refractivity contribution in [2.24, 2.45) is 0 Å². The molecule has 0 spiro atoms. The molecule has 4 rings (SSSR count). The molecule has 2 bridgehead atoms. The lowest BCUT2D eigenvalue weighted by Crippen LogP contribution is -2.62. The van der Waals surface area contributed by atoms with Gasteiger partial charge in [0, 0.05) is 48.2 Å². The molecule has 2 aliphatic rings. The van der Waals surface area contributed by atoms with Crippen LogP contribution in [0.25, 0.3) is 0 Å². The number of rotatable bonds is 5. The number of hydrogen-bond acceptors (Lipinski definition) is 5. The van der Waals surface area contributed by atoms with Crippen LogP contribution in [-0.2, 0) is 11.3 Å². The highest BCUT2D eigenvalue weighted by atomic mass is 35.5. The van der Waals surface area contributed by atoms with Gasteiger partial charge >= 0.3 is 0 Å². The van der Waals surface area contributed by atoms with E-state index in [9.17, 15) is 9.18 Å². The maximum absolute atomic E-state index is 13.1. The Labute approximate surface area is 174 Å². The number of piperazine rings is 1. The van der Waals surface area contributed by atoms with E-state index in [4.69, 9.17) is 22.1 Å². The number of nitrogens with two attached hydrogens (primary N) is 1. The number of benzene rings is 2. The average Bonchev–Trinajstić information content (AvgIpc) is 2.68. The number of nitrogen functional groups attached to an aromatic ring is 1. The standard InChI is InChI=1S/C22H23ClFN3O2/c23-16-3-6-20(21(25)9-16)22(28)7-8-27-18-11-26(12-19(27)14-29-13-18)10-15-1-4-17(24)5-2-15/h1-9,18-19H,10-14,25H2/b8-7+. The minimum atomic E-state index is -0.222. The smallest absolute Gasteiger partial charge is 0.189 e. The van der Waals surface area contributed by atoms with Crippen molar-refractivity contribution in [2.45, 2.75) is 18.6 Å². The molecule has 0 saturated carbocycles. The van der Waals surface area contributed by atoms with Gasteiger partial charge in [0.1, 0.15) is 5.82 Å². The summed E-state index contributed by atoms with van der Waals surface area (Å²) in [7, 11) is 0. The van der Waals surface area contributed by atoms with Gasteiger partial charge in [-0.25, -0.2) is 4.39 Å². The highest BCUT2D eigenvalue weighted by Gasteiger charge is 2.36. The molecule has 2 atom stereocenters. The molecular formula is C22H23ClFN3O2. The lowest BCUT2D eigenvalue weighted by Gasteiger charge is -2.49. The summed E-state index contributed by atoms with van der Waals surface area (Å²) in [6, 6.07) is 11.8. The number of halogens is 2. The lowest BCUT2D eigenvalue weighted by atomic mass is 10.0. The van der Waals surface area contributed by atoms with Crippen LogP contribution in [0.15, 0.2) is 54.7 Å². The van der Waals surface area contributed by atoms with Crippen molar-refractivity contribution in [3.63, 3.8) is 0 Å². The second kappa shape index (κ2) is 8.53. The number of carbonyl (C=O) groups is 1. The molecule has 29 heavy (non-hydrogen) atoms. The second-order valence-corrected chi connectivity index (χ2v) is 7.96. The number of fused-ring (bicyclic) bond motifs is 2. The minimum absolute atomic E-state index is 0.146. The van der Waals surface area contributed by atoms with E-state index in [0.29, 0.717) is 29.5 Å². The Bertz CT molecular complexity index is 905. The van der Waals surface area contributed by atoms with Crippen molar-refractivity contribution in [3.05, 3.63) is 76.7 Å². The molecule has 2 aromatic rings. The summed E-state index contributed by atoms with van der Waals surface area (Å²) in [6.45, 7) is 3.62. The molecule has 2 saturated heterocycles. The molecule has 5 nitrogen and oxygen atoms in total. The summed E-state index contributed by atoms with van der Waals surface area (Å²) in [4.78, 5) is 17.1. The van der Waals surface area contributed by atoms with Crippen molar-refractivity contribution in [3.8, 4) is 0 Å². The van der Waals surface area contributed by atoms with Gasteiger partial charge in [0.05, 0.1) is 25.3 Å². The van der Waals surface area contributed by atoms with E-state index in [1.54, 1.807) is 24.3 Å². The number of nitrogens with zero attached hydrogens (tertiary/aromatic N) is 2. The molecule has 2 aromatic carbocycles. The Morgan fingerprint density at radius 1 is 1.17 bits per heavy atom. The van der Waals surface area contributed by atoms with Crippen LogP contribution in [0, 0.1) is 5.82 Å². The molecule has 2 aliphatic heterocycles. The third kappa shape index (κ3) is 4.61. The summed E-state index contributed by atoms with van der Waals surface area (Å²) in [5.74, 6) is -0.369. The van der Waals surface area contributed by atoms with Gasteiger partial charge in [0.25, 0.3) is 0 Å². The van der Waals surface area contributed by atoms with Crippen LogP contribution in [0.5, 0.6) is 0 Å². The SMILES string of the molecule is Nc1cc(Cl)ccc1C(=O)/C=C/N1C2COCC1CN(Cc1ccc(F)cc1)C2. The first kappa shape index (κ1) is 19.9. The number of hydrogen-bond donors (Lipinski definition) is 1. The fourth-order valence-electron chi connectivity index (χ4n) is 4.00. The highest BCUT2D eigenvalue weighted by Crippen LogP contribution is 2.24. The summed E-state index contributed by atoms with van der Waals surface area (Å²) < 4.78 is 18.9. The summed E-state index contributed by atoms with van der Waals surface area (Å²) >= 11 is 5.91. The van der Waals surface area contributed by atoms with E-state index < -0.39 is 0 Å². The van der Waals surface area contributed by atoms with Crippen LogP contribution < -0.4 is 5.73 Å². The van der Waals surface area contributed by atoms with Crippen molar-refractivity contribution in [1.82, 2.24) is 9.80 Å². The zero-order valence-corrected chi connectivity index (χ0v) is 16.7. The van der Waals surface area contributed by atoms with E-state index in [-0.39, 0.29) is 23.7 Å². The molecule has 2 heterocycles. The Balaban J connectivity index is 1.43. The highest BCUT2D eigenvalue weighted by molar-refractivity contribution is 6.31. The molecular weight excluding hydrogens is 393 g/mol. The Morgan fingerprint density at radius 3 is 2.52 bits per heavy atom.